The Bertz CT molecular complexity index is 1480. The first-order valence-electron chi connectivity index (χ1n) is 15.6. The summed E-state index contributed by atoms with van der Waals surface area (Å²) in [5, 5.41) is 10.9. The molecule has 1 aromatic heterocycles. The second-order valence-electron chi connectivity index (χ2n) is 12.8. The topological polar surface area (TPSA) is 174 Å². The van der Waals surface area contributed by atoms with Crippen LogP contribution in [-0.4, -0.2) is 58.6 Å². The molecule has 2 heterocycles. The second kappa shape index (κ2) is 15.1. The Morgan fingerprint density at radius 3 is 2.30 bits per heavy atom. The number of carbonyl (C=O) groups excluding carboxylic acids is 5. The number of hydrogen-bond acceptors (Lipinski definition) is 8. The number of anilines is 1. The summed E-state index contributed by atoms with van der Waals surface area (Å²) in [5.41, 5.74) is -0.652. The van der Waals surface area contributed by atoms with Gasteiger partial charge in [-0.05, 0) is 63.6 Å². The smallest absolute Gasteiger partial charge is 0.412 e. The number of ether oxygens (including phenoxy) is 2. The Labute approximate surface area is 267 Å². The number of pyridine rings is 1. The highest BCUT2D eigenvalue weighted by atomic mass is 16.6. The molecule has 4 rings (SSSR count). The molecule has 13 heteroatoms. The maximum absolute atomic E-state index is 14.1. The number of carbonyl (C=O) groups is 5. The Morgan fingerprint density at radius 2 is 1.70 bits per heavy atom. The van der Waals surface area contributed by atoms with Crippen molar-refractivity contribution in [2.45, 2.75) is 90.1 Å². The van der Waals surface area contributed by atoms with Crippen LogP contribution in [0.1, 0.15) is 71.4 Å². The predicted molar refractivity (Wildman–Crippen MR) is 168 cm³/mol. The summed E-state index contributed by atoms with van der Waals surface area (Å²) in [6, 6.07) is 10.0. The van der Waals surface area contributed by atoms with Gasteiger partial charge in [0, 0.05) is 32.1 Å². The molecule has 248 valence electrons. The highest BCUT2D eigenvalue weighted by Crippen LogP contribution is 2.37. The van der Waals surface area contributed by atoms with Gasteiger partial charge in [0.05, 0.1) is 6.04 Å². The molecule has 1 aliphatic carbocycles. The molecule has 2 unspecified atom stereocenters. The SMILES string of the molecule is CC(=O)OC(C(=O)NCc1ccccc1)[C@H](C[C@@H]1CCNC1=O)NC(=O)C(CC1CC1)n1cccc(NC(=O)OC(C)(C)C)c1=O. The van der Waals surface area contributed by atoms with E-state index in [9.17, 15) is 28.8 Å². The fraction of sp³-hybridized carbons (Fsp3) is 0.515. The third kappa shape index (κ3) is 9.91. The molecule has 1 saturated heterocycles. The van der Waals surface area contributed by atoms with Crippen LogP contribution in [0.15, 0.2) is 53.5 Å². The lowest BCUT2D eigenvalue weighted by Gasteiger charge is -2.30. The number of nitrogens with zero attached hydrogens (tertiary/aromatic N) is 1. The molecule has 13 nitrogen and oxygen atoms in total. The quantitative estimate of drug-likeness (QED) is 0.243. The molecular formula is C33H43N5O8. The van der Waals surface area contributed by atoms with Gasteiger partial charge in [0.15, 0.2) is 6.10 Å². The van der Waals surface area contributed by atoms with Crippen molar-refractivity contribution in [3.05, 3.63) is 64.6 Å². The molecule has 0 spiro atoms. The van der Waals surface area contributed by atoms with E-state index in [1.54, 1.807) is 26.8 Å². The van der Waals surface area contributed by atoms with Crippen LogP contribution in [0.3, 0.4) is 0 Å². The van der Waals surface area contributed by atoms with Crippen molar-refractivity contribution in [2.24, 2.45) is 11.8 Å². The van der Waals surface area contributed by atoms with Gasteiger partial charge in [-0.2, -0.15) is 0 Å². The fourth-order valence-electron chi connectivity index (χ4n) is 5.38. The normalized spacial score (nSPS) is 18.0. The molecule has 4 atom stereocenters. The van der Waals surface area contributed by atoms with Gasteiger partial charge in [-0.15, -0.1) is 0 Å². The number of nitrogens with one attached hydrogen (secondary N) is 4. The first-order chi connectivity index (χ1) is 21.8. The molecule has 2 aliphatic rings. The van der Waals surface area contributed by atoms with Crippen LogP contribution in [0.2, 0.25) is 0 Å². The molecule has 4 N–H and O–H groups in total. The monoisotopic (exact) mass is 637 g/mol. The fourth-order valence-corrected chi connectivity index (χ4v) is 5.38. The summed E-state index contributed by atoms with van der Waals surface area (Å²) >= 11 is 0. The lowest BCUT2D eigenvalue weighted by molar-refractivity contribution is -0.157. The van der Waals surface area contributed by atoms with E-state index >= 15 is 0 Å². The van der Waals surface area contributed by atoms with Gasteiger partial charge in [-0.1, -0.05) is 43.2 Å². The summed E-state index contributed by atoms with van der Waals surface area (Å²) in [6.45, 7) is 6.85. The minimum atomic E-state index is -1.45. The number of hydrogen-bond donors (Lipinski definition) is 4. The number of esters is 1. The predicted octanol–water partition coefficient (Wildman–Crippen LogP) is 2.80. The Hall–Kier alpha value is -4.68. The molecule has 2 fully saturated rings. The Balaban J connectivity index is 1.61. The molecular weight excluding hydrogens is 594 g/mol. The lowest BCUT2D eigenvalue weighted by Crippen LogP contribution is -2.55. The van der Waals surface area contributed by atoms with Crippen LogP contribution >= 0.6 is 0 Å². The zero-order valence-electron chi connectivity index (χ0n) is 26.7. The summed E-state index contributed by atoms with van der Waals surface area (Å²) in [4.78, 5) is 78.3. The van der Waals surface area contributed by atoms with E-state index < -0.39 is 59.1 Å². The highest BCUT2D eigenvalue weighted by molar-refractivity contribution is 5.87. The van der Waals surface area contributed by atoms with E-state index in [1.165, 1.54) is 16.8 Å². The number of rotatable bonds is 13. The third-order valence-electron chi connectivity index (χ3n) is 7.76. The highest BCUT2D eigenvalue weighted by Gasteiger charge is 2.39. The average Bonchev–Trinajstić information content (AvgIpc) is 3.73. The first kappa shape index (κ1) is 34.2. The average molecular weight is 638 g/mol. The van der Waals surface area contributed by atoms with Gasteiger partial charge in [0.2, 0.25) is 11.8 Å². The second-order valence-corrected chi connectivity index (χ2v) is 12.8. The van der Waals surface area contributed by atoms with E-state index in [2.05, 4.69) is 21.3 Å². The van der Waals surface area contributed by atoms with E-state index in [-0.39, 0.29) is 30.5 Å². The largest absolute Gasteiger partial charge is 0.450 e. The van der Waals surface area contributed by atoms with Crippen molar-refractivity contribution in [1.29, 1.82) is 0 Å². The van der Waals surface area contributed by atoms with Crippen LogP contribution in [0.25, 0.3) is 0 Å². The molecule has 1 aliphatic heterocycles. The molecule has 2 aromatic rings. The Morgan fingerprint density at radius 1 is 0.978 bits per heavy atom. The van der Waals surface area contributed by atoms with Gasteiger partial charge in [0.1, 0.15) is 17.3 Å². The van der Waals surface area contributed by atoms with Crippen LogP contribution in [-0.2, 0) is 35.2 Å². The molecule has 1 saturated carbocycles. The lowest BCUT2D eigenvalue weighted by atomic mass is 9.93. The molecule has 1 aromatic carbocycles. The van der Waals surface area contributed by atoms with E-state index in [0.29, 0.717) is 19.4 Å². The molecule has 4 amide bonds. The van der Waals surface area contributed by atoms with Crippen LogP contribution < -0.4 is 26.8 Å². The number of aromatic nitrogens is 1. The van der Waals surface area contributed by atoms with Gasteiger partial charge >= 0.3 is 12.1 Å². The van der Waals surface area contributed by atoms with Gasteiger partial charge in [-0.3, -0.25) is 29.3 Å². The van der Waals surface area contributed by atoms with Gasteiger partial charge in [0.25, 0.3) is 11.5 Å². The van der Waals surface area contributed by atoms with E-state index in [0.717, 1.165) is 25.3 Å². The van der Waals surface area contributed by atoms with E-state index in [1.807, 2.05) is 30.3 Å². The summed E-state index contributed by atoms with van der Waals surface area (Å²) in [6.07, 6.45) is 1.81. The minimum Gasteiger partial charge on any atom is -0.450 e. The standard InChI is InChI=1S/C33H43N5O8/c1-20(39)45-27(30(42)35-19-22-9-6-5-7-10-22)25(18-23-14-15-34-28(23)40)36-29(41)26(17-21-12-13-21)38-16-8-11-24(31(38)43)37-32(44)46-33(2,3)4/h5-11,16,21,23,25-27H,12-15,17-19H2,1-4H3,(H,34,40)(H,35,42)(H,36,41)(H,37,44)/t23-,25-,26?,27?/m0/s1. The van der Waals surface area contributed by atoms with Crippen molar-refractivity contribution in [3.8, 4) is 0 Å². The summed E-state index contributed by atoms with van der Waals surface area (Å²) in [7, 11) is 0. The maximum Gasteiger partial charge on any atom is 0.412 e. The Kier molecular flexibility index (Phi) is 11.2. The molecule has 0 radical (unpaired) electrons. The van der Waals surface area contributed by atoms with Crippen molar-refractivity contribution >= 4 is 35.5 Å². The van der Waals surface area contributed by atoms with Crippen LogP contribution in [0.5, 0.6) is 0 Å². The zero-order chi connectivity index (χ0) is 33.4. The van der Waals surface area contributed by atoms with E-state index in [4.69, 9.17) is 9.47 Å². The minimum absolute atomic E-state index is 0.0273. The first-order valence-corrected chi connectivity index (χ1v) is 15.6. The number of benzene rings is 1. The molecule has 0 bridgehead atoms. The summed E-state index contributed by atoms with van der Waals surface area (Å²) < 4.78 is 12.0. The van der Waals surface area contributed by atoms with Crippen LogP contribution in [0, 0.1) is 11.8 Å². The maximum atomic E-state index is 14.1. The third-order valence-corrected chi connectivity index (χ3v) is 7.76. The van der Waals surface area contributed by atoms with Crippen molar-refractivity contribution in [1.82, 2.24) is 20.5 Å². The zero-order valence-corrected chi connectivity index (χ0v) is 26.7. The molecule has 46 heavy (non-hydrogen) atoms. The van der Waals surface area contributed by atoms with Gasteiger partial charge in [-0.25, -0.2) is 4.79 Å². The summed E-state index contributed by atoms with van der Waals surface area (Å²) in [5.74, 6) is -2.51. The van der Waals surface area contributed by atoms with Crippen molar-refractivity contribution in [3.63, 3.8) is 0 Å². The van der Waals surface area contributed by atoms with Crippen LogP contribution in [0.4, 0.5) is 10.5 Å². The number of amides is 4. The van der Waals surface area contributed by atoms with Gasteiger partial charge < -0.3 is 30.0 Å². The van der Waals surface area contributed by atoms with Crippen molar-refractivity contribution in [2.75, 3.05) is 11.9 Å². The van der Waals surface area contributed by atoms with Crippen molar-refractivity contribution < 1.29 is 33.4 Å².